The lowest BCUT2D eigenvalue weighted by Crippen LogP contribution is -2.10. The van der Waals surface area contributed by atoms with Crippen molar-refractivity contribution in [1.29, 1.82) is 0 Å². The molecular weight excluding hydrogens is 1030 g/mol. The van der Waals surface area contributed by atoms with Crippen LogP contribution in [0.5, 0.6) is 0 Å². The molecule has 17 aromatic rings. The van der Waals surface area contributed by atoms with Gasteiger partial charge in [0.15, 0.2) is 23.2 Å². The first-order chi connectivity index (χ1) is 47.8. The molecule has 12 aromatic carbocycles. The molecule has 0 N–H and O–H groups in total. The fourth-order valence-corrected chi connectivity index (χ4v) is 12.1. The summed E-state index contributed by atoms with van der Waals surface area (Å²) in [4.78, 5) is 19.0. The highest BCUT2D eigenvalue weighted by atomic mass is 16.3. The molecule has 0 unspecified atom stereocenters. The minimum absolute atomic E-state index is 0.00437. The first kappa shape index (κ1) is 34.5. The lowest BCUT2D eigenvalue weighted by Gasteiger charge is -2.25. The summed E-state index contributed by atoms with van der Waals surface area (Å²) < 4.78 is 156. The molecule has 0 aliphatic rings. The van der Waals surface area contributed by atoms with Gasteiger partial charge in [0, 0.05) is 54.6 Å². The van der Waals surface area contributed by atoms with E-state index in [1.165, 1.54) is 6.07 Å². The van der Waals surface area contributed by atoms with Gasteiger partial charge >= 0.3 is 0 Å². The summed E-state index contributed by atoms with van der Waals surface area (Å²) in [5.74, 6) is -1.63. The number of aromatic nitrogens is 5. The molecule has 0 saturated carbocycles. The Bertz CT molecular complexity index is 6340. The third kappa shape index (κ3) is 7.23. The highest BCUT2D eigenvalue weighted by Gasteiger charge is 2.32. The van der Waals surface area contributed by atoms with Crippen LogP contribution in [-0.2, 0) is 0 Å². The van der Waals surface area contributed by atoms with Crippen LogP contribution in [0.25, 0.3) is 171 Å². The molecule has 0 aliphatic carbocycles. The number of hydrogen-bond acceptors (Lipinski definition) is 5. The second-order valence-electron chi connectivity index (χ2n) is 20.2. The summed E-state index contributed by atoms with van der Waals surface area (Å²) in [6, 6.07) is 44.4. The lowest BCUT2D eigenvalue weighted by atomic mass is 9.95. The zero-order valence-corrected chi connectivity index (χ0v) is 43.7. The Hall–Kier alpha value is -11.7. The zero-order chi connectivity index (χ0) is 68.5. The Morgan fingerprint density at radius 1 is 0.357 bits per heavy atom. The summed E-state index contributed by atoms with van der Waals surface area (Å²) in [5.41, 5.74) is 5.23. The summed E-state index contributed by atoms with van der Waals surface area (Å²) in [6.45, 7) is 9.44. The third-order valence-corrected chi connectivity index (χ3v) is 15.7. The van der Waals surface area contributed by atoms with Crippen LogP contribution in [0.4, 0.5) is 5.69 Å². The van der Waals surface area contributed by atoms with E-state index < -0.39 is 119 Å². The number of rotatable bonds is 8. The van der Waals surface area contributed by atoms with Gasteiger partial charge in [0.25, 0.3) is 0 Å². The number of nitrogens with zero attached hydrogens (tertiary/aromatic N) is 6. The molecule has 8 nitrogen and oxygen atoms in total. The first-order valence-corrected chi connectivity index (χ1v) is 26.8. The molecule has 0 saturated heterocycles. The zero-order valence-electron chi connectivity index (χ0n) is 58.7. The van der Waals surface area contributed by atoms with E-state index in [-0.39, 0.29) is 33.8 Å². The third-order valence-electron chi connectivity index (χ3n) is 15.7. The van der Waals surface area contributed by atoms with Crippen molar-refractivity contribution in [2.24, 2.45) is 0 Å². The van der Waals surface area contributed by atoms with Crippen molar-refractivity contribution in [3.63, 3.8) is 0 Å². The Morgan fingerprint density at radius 2 is 0.786 bits per heavy atom. The number of benzene rings is 12. The van der Waals surface area contributed by atoms with Gasteiger partial charge in [-0.25, -0.2) is 19.8 Å². The normalized spacial score (nSPS) is 14.3. The fourth-order valence-electron chi connectivity index (χ4n) is 12.1. The van der Waals surface area contributed by atoms with Crippen molar-refractivity contribution in [1.82, 2.24) is 24.1 Å². The van der Waals surface area contributed by atoms with E-state index in [9.17, 15) is 17.5 Å². The molecule has 5 aromatic heterocycles. The maximum Gasteiger partial charge on any atom is 0.197 e. The van der Waals surface area contributed by atoms with Crippen molar-refractivity contribution in [2.45, 2.75) is 0 Å². The molecule has 390 valence electrons. The van der Waals surface area contributed by atoms with Gasteiger partial charge in [-0.3, -0.25) is 0 Å². The maximum atomic E-state index is 9.97. The van der Waals surface area contributed by atoms with E-state index in [4.69, 9.17) is 28.4 Å². The molecule has 0 atom stereocenters. The van der Waals surface area contributed by atoms with Gasteiger partial charge in [0.1, 0.15) is 22.3 Å². The van der Waals surface area contributed by atoms with Crippen LogP contribution in [0, 0.1) is 6.57 Å². The molecule has 0 bridgehead atoms. The molecule has 0 spiro atoms. The molecule has 17 rings (SSSR count). The van der Waals surface area contributed by atoms with Crippen LogP contribution in [0.15, 0.2) is 275 Å². The Labute approximate surface area is 501 Å². The predicted octanol–water partition coefficient (Wildman–Crippen LogP) is 20.4. The van der Waals surface area contributed by atoms with E-state index in [0.717, 1.165) is 43.8 Å². The van der Waals surface area contributed by atoms with Crippen molar-refractivity contribution in [3.8, 4) is 78.9 Å². The van der Waals surface area contributed by atoms with E-state index in [1.54, 1.807) is 0 Å². The number of furan rings is 2. The van der Waals surface area contributed by atoms with Gasteiger partial charge < -0.3 is 18.0 Å². The van der Waals surface area contributed by atoms with Crippen LogP contribution >= 0.6 is 0 Å². The lowest BCUT2D eigenvalue weighted by molar-refractivity contribution is 0.672. The Kier molecular flexibility index (Phi) is 7.68. The van der Waals surface area contributed by atoms with Crippen LogP contribution < -0.4 is 0 Å². The molecule has 0 aliphatic heterocycles. The predicted molar refractivity (Wildman–Crippen MR) is 342 cm³/mol. The van der Waals surface area contributed by atoms with Gasteiger partial charge in [0.2, 0.25) is 0 Å². The standard InChI is InChI=1S/C76H44N6O2/c1-77-60-45-59(76-79-74(49-27-13-5-14-28-49)78-75(80-76)50-29-15-6-16-30-50)70(81-61-39-35-51(46-21-7-2-8-22-46)43-57(61)68-63(81)41-37-55-53-31-17-19-33-65(53)83-72(55)68)71(67(60)48-25-11-4-12-26-48)82-62-40-36-52(47-23-9-3-10-24-47)44-58(62)69-64(82)42-38-56-54-32-18-20-34-66(54)84-73(56)69/h2-45H/i4D,5D,6D,11D,12D,13D,14D,15D,16D,25D,26D,27D,28D,29D,30D. The van der Waals surface area contributed by atoms with Crippen LogP contribution in [0.1, 0.15) is 20.6 Å². The Balaban J connectivity index is 1.16. The quantitative estimate of drug-likeness (QED) is 0.142. The highest BCUT2D eigenvalue weighted by molar-refractivity contribution is 6.27. The average molecular weight is 1090 g/mol. The van der Waals surface area contributed by atoms with Gasteiger partial charge in [-0.15, -0.1) is 0 Å². The molecule has 0 fully saturated rings. The van der Waals surface area contributed by atoms with E-state index in [1.807, 2.05) is 179 Å². The molecule has 84 heavy (non-hydrogen) atoms. The summed E-state index contributed by atoms with van der Waals surface area (Å²) in [5, 5.41) is 5.53. The van der Waals surface area contributed by atoms with Crippen LogP contribution in [-0.4, -0.2) is 24.1 Å². The second-order valence-corrected chi connectivity index (χ2v) is 20.2. The number of para-hydroxylation sites is 2. The second kappa shape index (κ2) is 18.7. The molecule has 0 radical (unpaired) electrons. The molecule has 8 heteroatoms. The largest absolute Gasteiger partial charge is 0.455 e. The average Bonchev–Trinajstić information content (AvgIpc) is 1.58. The van der Waals surface area contributed by atoms with Crippen LogP contribution in [0.3, 0.4) is 0 Å². The summed E-state index contributed by atoms with van der Waals surface area (Å²) in [6.07, 6.45) is 0. The minimum atomic E-state index is -0.768. The van der Waals surface area contributed by atoms with E-state index >= 15 is 0 Å². The Morgan fingerprint density at radius 3 is 1.27 bits per heavy atom. The van der Waals surface area contributed by atoms with Crippen molar-refractivity contribution in [2.75, 3.05) is 0 Å². The highest BCUT2D eigenvalue weighted by Crippen LogP contribution is 2.52. The van der Waals surface area contributed by atoms with Crippen molar-refractivity contribution in [3.05, 3.63) is 278 Å². The molecule has 0 amide bonds. The van der Waals surface area contributed by atoms with Crippen molar-refractivity contribution < 1.29 is 29.4 Å². The number of fused-ring (bicyclic) bond motifs is 14. The van der Waals surface area contributed by atoms with E-state index in [2.05, 4.69) is 9.83 Å². The molecule has 5 heterocycles. The van der Waals surface area contributed by atoms with E-state index in [0.29, 0.717) is 65.9 Å². The monoisotopic (exact) mass is 1090 g/mol. The van der Waals surface area contributed by atoms with Gasteiger partial charge in [0.05, 0.1) is 71.3 Å². The smallest absolute Gasteiger partial charge is 0.197 e. The van der Waals surface area contributed by atoms with Gasteiger partial charge in [-0.2, -0.15) is 0 Å². The van der Waals surface area contributed by atoms with Crippen molar-refractivity contribution >= 4 is 93.2 Å². The summed E-state index contributed by atoms with van der Waals surface area (Å²) in [7, 11) is 0. The maximum absolute atomic E-state index is 9.97. The first-order valence-electron chi connectivity index (χ1n) is 34.3. The SMILES string of the molecule is [2H]c1c([2H])c([2H])c(-c2nc(-c3cc([N+]#[C-])c(-c4c([2H])c([2H])c([2H])c([2H])c4[2H])c(-n4c5ccc(-c6ccccc6)cc5c5c6oc7ccccc7c6ccc54)c3-n3c4ccc(-c5ccccc5)cc4c4c5oc6ccccc6c5ccc43)nc(-c3c([2H])c([2H])c([2H])c([2H])c3[2H])n2)c([2H])c1[2H]. The van der Waals surface area contributed by atoms with Gasteiger partial charge in [-0.05, 0) is 94.5 Å². The number of hydrogen-bond donors (Lipinski definition) is 0. The molecular formula is C76H44N6O2. The van der Waals surface area contributed by atoms with Gasteiger partial charge in [-0.1, -0.05) is 200 Å². The minimum Gasteiger partial charge on any atom is -0.455 e. The summed E-state index contributed by atoms with van der Waals surface area (Å²) >= 11 is 0. The topological polar surface area (TPSA) is 79.2 Å². The fraction of sp³-hybridized carbons (Fsp3) is 0. The van der Waals surface area contributed by atoms with Crippen LogP contribution in [0.2, 0.25) is 0 Å².